The maximum Gasteiger partial charge on any atom is 0.361 e. The molecule has 1 aliphatic heterocycles. The predicted octanol–water partition coefficient (Wildman–Crippen LogP) is 1.41. The van der Waals surface area contributed by atoms with Crippen LogP contribution >= 0.6 is 0 Å². The Labute approximate surface area is 144 Å². The van der Waals surface area contributed by atoms with E-state index in [4.69, 9.17) is 23.7 Å². The number of carbonyl (C=O) groups excluding carboxylic acids is 1. The lowest BCUT2D eigenvalue weighted by atomic mass is 10.1. The second-order valence-electron chi connectivity index (χ2n) is 5.06. The minimum atomic E-state index is -0.567. The summed E-state index contributed by atoms with van der Waals surface area (Å²) in [4.78, 5) is 12.1. The van der Waals surface area contributed by atoms with Crippen LogP contribution in [0.2, 0.25) is 0 Å². The molecule has 3 rings (SSSR count). The lowest BCUT2D eigenvalue weighted by Crippen LogP contribution is -2.19. The van der Waals surface area contributed by atoms with E-state index in [9.17, 15) is 4.79 Å². The molecule has 0 saturated carbocycles. The summed E-state index contributed by atoms with van der Waals surface area (Å²) in [5.74, 6) is 0.347. The highest BCUT2D eigenvalue weighted by Crippen LogP contribution is 2.38. The highest BCUT2D eigenvalue weighted by molar-refractivity contribution is 5.95. The fourth-order valence-electron chi connectivity index (χ4n) is 2.43. The minimum absolute atomic E-state index is 0.0771. The van der Waals surface area contributed by atoms with E-state index < -0.39 is 12.3 Å². The summed E-state index contributed by atoms with van der Waals surface area (Å²) in [6.07, 6.45) is -0.445. The van der Waals surface area contributed by atoms with Crippen LogP contribution in [0, 0.1) is 0 Å². The van der Waals surface area contributed by atoms with Crippen LogP contribution < -0.4 is 9.47 Å². The zero-order chi connectivity index (χ0) is 17.6. The number of hydrogen-bond acceptors (Lipinski definition) is 8. The van der Waals surface area contributed by atoms with Crippen molar-refractivity contribution < 1.29 is 28.5 Å². The zero-order valence-corrected chi connectivity index (χ0v) is 14.0. The van der Waals surface area contributed by atoms with E-state index in [-0.39, 0.29) is 18.9 Å². The summed E-state index contributed by atoms with van der Waals surface area (Å²) in [7, 11) is 1.53. The Kier molecular flexibility index (Phi) is 5.46. The van der Waals surface area contributed by atoms with Gasteiger partial charge in [-0.25, -0.2) is 4.79 Å². The van der Waals surface area contributed by atoms with Gasteiger partial charge in [-0.05, 0) is 19.1 Å². The summed E-state index contributed by atoms with van der Waals surface area (Å²) >= 11 is 0. The van der Waals surface area contributed by atoms with Crippen molar-refractivity contribution >= 4 is 5.97 Å². The summed E-state index contributed by atoms with van der Waals surface area (Å²) in [5, 5.41) is 10.4. The highest BCUT2D eigenvalue weighted by Gasteiger charge is 2.25. The molecule has 0 spiro atoms. The van der Waals surface area contributed by atoms with Crippen LogP contribution in [0.5, 0.6) is 11.5 Å². The maximum atomic E-state index is 12.1. The molecule has 0 amide bonds. The number of nitrogens with zero attached hydrogens (tertiary/aromatic N) is 2. The Morgan fingerprint density at radius 3 is 2.84 bits per heavy atom. The summed E-state index contributed by atoms with van der Waals surface area (Å²) in [5.41, 5.74) is 0.947. The van der Waals surface area contributed by atoms with Gasteiger partial charge in [-0.3, -0.25) is 0 Å². The third-order valence-corrected chi connectivity index (χ3v) is 3.53. The molecule has 134 valence electrons. The third-order valence-electron chi connectivity index (χ3n) is 3.53. The van der Waals surface area contributed by atoms with Crippen molar-refractivity contribution in [3.05, 3.63) is 23.9 Å². The van der Waals surface area contributed by atoms with E-state index in [0.717, 1.165) is 0 Å². The van der Waals surface area contributed by atoms with E-state index in [1.165, 1.54) is 7.11 Å². The van der Waals surface area contributed by atoms with Gasteiger partial charge in [0.1, 0.15) is 12.3 Å². The van der Waals surface area contributed by atoms with Crippen LogP contribution in [0.15, 0.2) is 18.2 Å². The van der Waals surface area contributed by atoms with Gasteiger partial charge in [0.2, 0.25) is 0 Å². The Hall–Kier alpha value is -2.65. The number of carbonyl (C=O) groups is 1. The lowest BCUT2D eigenvalue weighted by Gasteiger charge is -2.16. The number of benzene rings is 1. The third kappa shape index (κ3) is 3.72. The molecule has 1 aromatic heterocycles. The van der Waals surface area contributed by atoms with Crippen molar-refractivity contribution in [3.63, 3.8) is 0 Å². The molecule has 0 atom stereocenters. The summed E-state index contributed by atoms with van der Waals surface area (Å²) in [6.45, 7) is 3.20. The molecule has 1 N–H and O–H groups in total. The Morgan fingerprint density at radius 1 is 1.32 bits per heavy atom. The number of aromatic amines is 1. The standard InChI is InChI=1S/C16H19N3O6/c1-3-22-16(20)14-13(17-19-18-14)10-5-4-6-11(21-2)15(10)25-9-12-23-7-8-24-12/h4-6,12H,3,7-9H2,1-2H3,(H,17,18,19). The smallest absolute Gasteiger partial charge is 0.361 e. The summed E-state index contributed by atoms with van der Waals surface area (Å²) in [6, 6.07) is 5.28. The normalized spacial score (nSPS) is 14.5. The molecule has 9 nitrogen and oxygen atoms in total. The maximum absolute atomic E-state index is 12.1. The van der Waals surface area contributed by atoms with Crippen molar-refractivity contribution in [2.24, 2.45) is 0 Å². The first-order valence-corrected chi connectivity index (χ1v) is 7.85. The van der Waals surface area contributed by atoms with Crippen LogP contribution in [-0.2, 0) is 14.2 Å². The molecular weight excluding hydrogens is 330 g/mol. The van der Waals surface area contributed by atoms with Crippen molar-refractivity contribution in [1.29, 1.82) is 0 Å². The number of hydrogen-bond donors (Lipinski definition) is 1. The molecule has 1 aliphatic rings. The molecule has 0 unspecified atom stereocenters. The van der Waals surface area contributed by atoms with Crippen LogP contribution in [0.3, 0.4) is 0 Å². The molecule has 0 bridgehead atoms. The van der Waals surface area contributed by atoms with Crippen LogP contribution in [0.4, 0.5) is 0 Å². The van der Waals surface area contributed by atoms with Gasteiger partial charge in [-0.1, -0.05) is 6.07 Å². The molecule has 2 heterocycles. The van der Waals surface area contributed by atoms with Gasteiger partial charge < -0.3 is 23.7 Å². The number of nitrogens with one attached hydrogen (secondary N) is 1. The van der Waals surface area contributed by atoms with Gasteiger partial charge in [0.05, 0.1) is 32.5 Å². The molecule has 1 saturated heterocycles. The van der Waals surface area contributed by atoms with E-state index in [2.05, 4.69) is 15.4 Å². The molecule has 1 fully saturated rings. The van der Waals surface area contributed by atoms with Gasteiger partial charge in [0.25, 0.3) is 0 Å². The molecule has 0 radical (unpaired) electrons. The van der Waals surface area contributed by atoms with E-state index in [1.54, 1.807) is 25.1 Å². The molecule has 1 aromatic carbocycles. The predicted molar refractivity (Wildman–Crippen MR) is 85.5 cm³/mol. The number of esters is 1. The first-order chi connectivity index (χ1) is 12.2. The van der Waals surface area contributed by atoms with Gasteiger partial charge >= 0.3 is 5.97 Å². The fourth-order valence-corrected chi connectivity index (χ4v) is 2.43. The van der Waals surface area contributed by atoms with Crippen LogP contribution in [0.1, 0.15) is 17.4 Å². The molecule has 2 aromatic rings. The number of para-hydroxylation sites is 1. The first-order valence-electron chi connectivity index (χ1n) is 7.85. The van der Waals surface area contributed by atoms with Crippen molar-refractivity contribution in [2.75, 3.05) is 33.5 Å². The quantitative estimate of drug-likeness (QED) is 0.748. The van der Waals surface area contributed by atoms with E-state index in [0.29, 0.717) is 36.0 Å². The average Bonchev–Trinajstić information content (AvgIpc) is 3.31. The summed E-state index contributed by atoms with van der Waals surface area (Å²) < 4.78 is 27.0. The molecule has 0 aliphatic carbocycles. The Bertz CT molecular complexity index is 726. The average molecular weight is 349 g/mol. The van der Waals surface area contributed by atoms with Gasteiger partial charge in [0.15, 0.2) is 23.5 Å². The fraction of sp³-hybridized carbons (Fsp3) is 0.438. The zero-order valence-electron chi connectivity index (χ0n) is 14.0. The number of H-pyrrole nitrogens is 1. The van der Waals surface area contributed by atoms with Gasteiger partial charge in [-0.2, -0.15) is 10.3 Å². The molecule has 9 heteroatoms. The second kappa shape index (κ2) is 7.95. The van der Waals surface area contributed by atoms with Gasteiger partial charge in [-0.15, -0.1) is 5.10 Å². The SMILES string of the molecule is CCOC(=O)c1n[nH]nc1-c1cccc(OC)c1OCC1OCCO1. The largest absolute Gasteiger partial charge is 0.493 e. The van der Waals surface area contributed by atoms with Crippen molar-refractivity contribution in [2.45, 2.75) is 13.2 Å². The van der Waals surface area contributed by atoms with Crippen LogP contribution in [0.25, 0.3) is 11.3 Å². The van der Waals surface area contributed by atoms with Crippen molar-refractivity contribution in [3.8, 4) is 22.8 Å². The highest BCUT2D eigenvalue weighted by atomic mass is 16.7. The van der Waals surface area contributed by atoms with E-state index >= 15 is 0 Å². The monoisotopic (exact) mass is 349 g/mol. The number of aromatic nitrogens is 3. The number of methoxy groups -OCH3 is 1. The topological polar surface area (TPSA) is 105 Å². The minimum Gasteiger partial charge on any atom is -0.493 e. The van der Waals surface area contributed by atoms with Gasteiger partial charge in [0, 0.05) is 0 Å². The first kappa shape index (κ1) is 17.2. The Balaban J connectivity index is 1.93. The van der Waals surface area contributed by atoms with Crippen LogP contribution in [-0.4, -0.2) is 61.2 Å². The Morgan fingerprint density at radius 2 is 2.12 bits per heavy atom. The molecule has 25 heavy (non-hydrogen) atoms. The van der Waals surface area contributed by atoms with Crippen molar-refractivity contribution in [1.82, 2.24) is 15.4 Å². The number of ether oxygens (including phenoxy) is 5. The second-order valence-corrected chi connectivity index (χ2v) is 5.06. The lowest BCUT2D eigenvalue weighted by molar-refractivity contribution is -0.0686. The van der Waals surface area contributed by atoms with E-state index in [1.807, 2.05) is 0 Å². The number of rotatable bonds is 7. The molecular formula is C16H19N3O6.